The number of ketones is 1. The molecule has 1 unspecified atom stereocenters. The lowest BCUT2D eigenvalue weighted by molar-refractivity contribution is -0.143. The number of hydrogen-bond donors (Lipinski definition) is 1. The minimum atomic E-state index is -0.869. The summed E-state index contributed by atoms with van der Waals surface area (Å²) in [5, 5.41) is 2.63. The molecule has 0 spiro atoms. The third kappa shape index (κ3) is 5.74. The molecule has 0 fully saturated rings. The lowest BCUT2D eigenvalue weighted by Crippen LogP contribution is -2.25. The van der Waals surface area contributed by atoms with E-state index in [9.17, 15) is 14.4 Å². The molecule has 0 aliphatic carbocycles. The van der Waals surface area contributed by atoms with Crippen molar-refractivity contribution < 1.29 is 19.1 Å². The molecule has 6 heteroatoms. The SMILES string of the molecule is CC(=O)Nc1ccc(C(=O)C(C)OC(=O)CSc2ccccc2C)cc1. The summed E-state index contributed by atoms with van der Waals surface area (Å²) in [7, 11) is 0. The molecule has 0 saturated carbocycles. The number of amides is 1. The van der Waals surface area contributed by atoms with Crippen LogP contribution < -0.4 is 5.32 Å². The van der Waals surface area contributed by atoms with Crippen LogP contribution in [0.15, 0.2) is 53.4 Å². The van der Waals surface area contributed by atoms with Crippen LogP contribution in [0.3, 0.4) is 0 Å². The van der Waals surface area contributed by atoms with Crippen molar-refractivity contribution in [3.05, 3.63) is 59.7 Å². The normalized spacial score (nSPS) is 11.5. The number of anilines is 1. The smallest absolute Gasteiger partial charge is 0.316 e. The Balaban J connectivity index is 1.88. The fourth-order valence-corrected chi connectivity index (χ4v) is 3.11. The van der Waals surface area contributed by atoms with Crippen molar-refractivity contribution in [2.75, 3.05) is 11.1 Å². The summed E-state index contributed by atoms with van der Waals surface area (Å²) in [6.45, 7) is 4.94. The van der Waals surface area contributed by atoms with Crippen molar-refractivity contribution in [3.8, 4) is 0 Å². The minimum Gasteiger partial charge on any atom is -0.454 e. The number of Topliss-reactive ketones (excluding diaryl/α,β-unsaturated/α-hetero) is 1. The third-order valence-corrected chi connectivity index (χ3v) is 4.76. The first-order valence-electron chi connectivity index (χ1n) is 8.16. The molecular weight excluding hydrogens is 350 g/mol. The summed E-state index contributed by atoms with van der Waals surface area (Å²) in [4.78, 5) is 36.4. The lowest BCUT2D eigenvalue weighted by Gasteiger charge is -2.13. The maximum atomic E-state index is 12.4. The van der Waals surface area contributed by atoms with Crippen LogP contribution in [0.1, 0.15) is 29.8 Å². The second-order valence-electron chi connectivity index (χ2n) is 5.81. The van der Waals surface area contributed by atoms with Crippen molar-refractivity contribution in [3.63, 3.8) is 0 Å². The number of carbonyl (C=O) groups is 3. The monoisotopic (exact) mass is 371 g/mol. The molecule has 2 aromatic rings. The van der Waals surface area contributed by atoms with Gasteiger partial charge in [0.15, 0.2) is 6.10 Å². The Labute approximate surface area is 157 Å². The van der Waals surface area contributed by atoms with E-state index in [0.717, 1.165) is 10.5 Å². The van der Waals surface area contributed by atoms with Gasteiger partial charge in [-0.15, -0.1) is 11.8 Å². The van der Waals surface area contributed by atoms with Crippen LogP contribution in [-0.2, 0) is 14.3 Å². The molecule has 0 bridgehead atoms. The molecule has 1 atom stereocenters. The summed E-state index contributed by atoms with van der Waals surface area (Å²) in [5.41, 5.74) is 2.12. The Kier molecular flexibility index (Phi) is 6.97. The Morgan fingerprint density at radius 3 is 2.35 bits per heavy atom. The van der Waals surface area contributed by atoms with Gasteiger partial charge in [0.25, 0.3) is 0 Å². The van der Waals surface area contributed by atoms with Crippen molar-refractivity contribution in [1.82, 2.24) is 0 Å². The molecule has 2 aromatic carbocycles. The highest BCUT2D eigenvalue weighted by molar-refractivity contribution is 8.00. The largest absolute Gasteiger partial charge is 0.454 e. The summed E-state index contributed by atoms with van der Waals surface area (Å²) in [6, 6.07) is 14.2. The zero-order valence-electron chi connectivity index (χ0n) is 14.9. The second-order valence-corrected chi connectivity index (χ2v) is 6.83. The van der Waals surface area contributed by atoms with Crippen LogP contribution in [0, 0.1) is 6.92 Å². The number of hydrogen-bond acceptors (Lipinski definition) is 5. The van der Waals surface area contributed by atoms with E-state index in [0.29, 0.717) is 11.3 Å². The first-order valence-corrected chi connectivity index (χ1v) is 9.15. The molecule has 0 aliphatic rings. The van der Waals surface area contributed by atoms with E-state index in [1.165, 1.54) is 18.7 Å². The molecule has 136 valence electrons. The van der Waals surface area contributed by atoms with Crippen molar-refractivity contribution in [2.45, 2.75) is 31.8 Å². The van der Waals surface area contributed by atoms with Crippen molar-refractivity contribution >= 4 is 35.1 Å². The molecule has 0 heterocycles. The summed E-state index contributed by atoms with van der Waals surface area (Å²) < 4.78 is 5.24. The standard InChI is InChI=1S/C20H21NO4S/c1-13-6-4-5-7-18(13)26-12-19(23)25-14(2)20(24)16-8-10-17(11-9-16)21-15(3)22/h4-11,14H,12H2,1-3H3,(H,21,22). The lowest BCUT2D eigenvalue weighted by atomic mass is 10.1. The summed E-state index contributed by atoms with van der Waals surface area (Å²) in [5.74, 6) is -0.760. The molecule has 0 aromatic heterocycles. The van der Waals surface area contributed by atoms with E-state index in [1.807, 2.05) is 31.2 Å². The van der Waals surface area contributed by atoms with Crippen LogP contribution in [0.25, 0.3) is 0 Å². The van der Waals surface area contributed by atoms with Gasteiger partial charge < -0.3 is 10.1 Å². The van der Waals surface area contributed by atoms with E-state index in [-0.39, 0.29) is 17.4 Å². The van der Waals surface area contributed by atoms with Crippen LogP contribution in [-0.4, -0.2) is 29.5 Å². The zero-order chi connectivity index (χ0) is 19.1. The Bertz CT molecular complexity index is 802. The van der Waals surface area contributed by atoms with Crippen LogP contribution >= 0.6 is 11.8 Å². The maximum absolute atomic E-state index is 12.4. The van der Waals surface area contributed by atoms with Crippen LogP contribution in [0.5, 0.6) is 0 Å². The number of esters is 1. The first kappa shape index (κ1) is 19.7. The van der Waals surface area contributed by atoms with Crippen molar-refractivity contribution in [2.24, 2.45) is 0 Å². The predicted octanol–water partition coefficient (Wildman–Crippen LogP) is 3.86. The average Bonchev–Trinajstić information content (AvgIpc) is 2.60. The van der Waals surface area contributed by atoms with Crippen molar-refractivity contribution in [1.29, 1.82) is 0 Å². The van der Waals surface area contributed by atoms with E-state index >= 15 is 0 Å². The molecule has 1 N–H and O–H groups in total. The molecule has 0 aliphatic heterocycles. The van der Waals surface area contributed by atoms with E-state index in [2.05, 4.69) is 5.32 Å². The summed E-state index contributed by atoms with van der Waals surface area (Å²) in [6.07, 6.45) is -0.869. The molecule has 2 rings (SSSR count). The number of thioether (sulfide) groups is 1. The highest BCUT2D eigenvalue weighted by atomic mass is 32.2. The molecular formula is C20H21NO4S. The quantitative estimate of drug-likeness (QED) is 0.454. The number of nitrogens with one attached hydrogen (secondary N) is 1. The topological polar surface area (TPSA) is 72.5 Å². The third-order valence-electron chi connectivity index (χ3n) is 3.61. The number of ether oxygens (including phenoxy) is 1. The number of benzene rings is 2. The molecule has 26 heavy (non-hydrogen) atoms. The van der Waals surface area contributed by atoms with E-state index in [4.69, 9.17) is 4.74 Å². The Morgan fingerprint density at radius 2 is 1.73 bits per heavy atom. The second kappa shape index (κ2) is 9.20. The fraction of sp³-hybridized carbons (Fsp3) is 0.250. The Hall–Kier alpha value is -2.60. The van der Waals surface area contributed by atoms with E-state index in [1.54, 1.807) is 31.2 Å². The van der Waals surface area contributed by atoms with E-state index < -0.39 is 12.1 Å². The van der Waals surface area contributed by atoms with Gasteiger partial charge in [0.2, 0.25) is 11.7 Å². The van der Waals surface area contributed by atoms with Gasteiger partial charge in [-0.3, -0.25) is 14.4 Å². The Morgan fingerprint density at radius 1 is 1.08 bits per heavy atom. The van der Waals surface area contributed by atoms with Gasteiger partial charge in [-0.2, -0.15) is 0 Å². The van der Waals surface area contributed by atoms with Gasteiger partial charge in [-0.05, 0) is 49.7 Å². The van der Waals surface area contributed by atoms with Gasteiger partial charge in [0.05, 0.1) is 5.75 Å². The number of rotatable bonds is 7. The van der Waals surface area contributed by atoms with Crippen LogP contribution in [0.2, 0.25) is 0 Å². The molecule has 5 nitrogen and oxygen atoms in total. The number of carbonyl (C=O) groups excluding carboxylic acids is 3. The van der Waals surface area contributed by atoms with Gasteiger partial charge in [0.1, 0.15) is 0 Å². The molecule has 0 saturated heterocycles. The summed E-state index contributed by atoms with van der Waals surface area (Å²) >= 11 is 1.39. The highest BCUT2D eigenvalue weighted by Gasteiger charge is 2.19. The fourth-order valence-electron chi connectivity index (χ4n) is 2.30. The van der Waals surface area contributed by atoms with Gasteiger partial charge >= 0.3 is 5.97 Å². The average molecular weight is 371 g/mol. The predicted molar refractivity (Wildman–Crippen MR) is 103 cm³/mol. The van der Waals surface area contributed by atoms with Gasteiger partial charge in [-0.25, -0.2) is 0 Å². The molecule has 1 amide bonds. The van der Waals surface area contributed by atoms with Gasteiger partial charge in [0, 0.05) is 23.1 Å². The highest BCUT2D eigenvalue weighted by Crippen LogP contribution is 2.22. The number of aryl methyl sites for hydroxylation is 1. The first-order chi connectivity index (χ1) is 12.4. The minimum absolute atomic E-state index is 0.143. The van der Waals surface area contributed by atoms with Crippen LogP contribution in [0.4, 0.5) is 5.69 Å². The zero-order valence-corrected chi connectivity index (χ0v) is 15.8. The maximum Gasteiger partial charge on any atom is 0.316 e. The molecule has 0 radical (unpaired) electrons. The van der Waals surface area contributed by atoms with Gasteiger partial charge in [-0.1, -0.05) is 18.2 Å².